The van der Waals surface area contributed by atoms with E-state index in [0.717, 1.165) is 12.1 Å². The molecule has 2 aromatic carbocycles. The van der Waals surface area contributed by atoms with Crippen molar-refractivity contribution in [1.82, 2.24) is 0 Å². The lowest BCUT2D eigenvalue weighted by atomic mass is 10.1. The molecule has 2 rings (SSSR count). The number of alkyl halides is 3. The normalized spacial score (nSPS) is 11.2. The largest absolute Gasteiger partial charge is 0.508 e. The van der Waals surface area contributed by atoms with Crippen molar-refractivity contribution in [1.29, 1.82) is 0 Å². The number of carbonyl (C=O) groups excluding carboxylic acids is 1. The van der Waals surface area contributed by atoms with Gasteiger partial charge in [0.05, 0.1) is 11.1 Å². The summed E-state index contributed by atoms with van der Waals surface area (Å²) in [5.41, 5.74) is -0.0500. The van der Waals surface area contributed by atoms with Crippen LogP contribution in [0.5, 0.6) is 5.75 Å². The highest BCUT2D eigenvalue weighted by atomic mass is 19.4. The van der Waals surface area contributed by atoms with Crippen LogP contribution in [0.1, 0.15) is 21.5 Å². The molecule has 0 amide bonds. The van der Waals surface area contributed by atoms with Gasteiger partial charge in [0.1, 0.15) is 12.4 Å². The van der Waals surface area contributed by atoms with Gasteiger partial charge in [-0.2, -0.15) is 13.2 Å². The maximum atomic E-state index is 12.4. The summed E-state index contributed by atoms with van der Waals surface area (Å²) >= 11 is 0. The number of aromatic hydroxyl groups is 1. The number of carbonyl (C=O) groups is 1. The van der Waals surface area contributed by atoms with Crippen molar-refractivity contribution in [2.75, 3.05) is 0 Å². The predicted octanol–water partition coefficient (Wildman–Crippen LogP) is 3.77. The molecule has 6 heteroatoms. The first kappa shape index (κ1) is 14.9. The van der Waals surface area contributed by atoms with E-state index >= 15 is 0 Å². The van der Waals surface area contributed by atoms with Crippen LogP contribution >= 0.6 is 0 Å². The van der Waals surface area contributed by atoms with Gasteiger partial charge in [0.15, 0.2) is 0 Å². The summed E-state index contributed by atoms with van der Waals surface area (Å²) in [6, 6.07) is 9.85. The Kier molecular flexibility index (Phi) is 4.16. The molecule has 110 valence electrons. The van der Waals surface area contributed by atoms with Gasteiger partial charge in [-0.25, -0.2) is 4.79 Å². The zero-order valence-electron chi connectivity index (χ0n) is 10.7. The highest BCUT2D eigenvalue weighted by Gasteiger charge is 2.29. The van der Waals surface area contributed by atoms with E-state index in [9.17, 15) is 18.0 Å². The fourth-order valence-corrected chi connectivity index (χ4v) is 1.62. The molecule has 0 radical (unpaired) electrons. The van der Waals surface area contributed by atoms with Crippen molar-refractivity contribution in [3.63, 3.8) is 0 Å². The first-order valence-electron chi connectivity index (χ1n) is 5.98. The first-order chi connectivity index (χ1) is 9.86. The van der Waals surface area contributed by atoms with Gasteiger partial charge in [-0.15, -0.1) is 0 Å². The standard InChI is InChI=1S/C15H11F3O3/c16-15(17,18)12-5-1-10(2-6-12)9-21-14(20)11-3-7-13(19)8-4-11/h1-8,19H,9H2. The zero-order chi connectivity index (χ0) is 15.5. The van der Waals surface area contributed by atoms with Gasteiger partial charge in [0.2, 0.25) is 0 Å². The van der Waals surface area contributed by atoms with Crippen LogP contribution in [-0.4, -0.2) is 11.1 Å². The highest BCUT2D eigenvalue weighted by molar-refractivity contribution is 5.89. The average molecular weight is 296 g/mol. The molecule has 0 spiro atoms. The lowest BCUT2D eigenvalue weighted by Crippen LogP contribution is -2.07. The van der Waals surface area contributed by atoms with Crippen LogP contribution in [0.25, 0.3) is 0 Å². The Bertz CT molecular complexity index is 616. The van der Waals surface area contributed by atoms with E-state index in [1.807, 2.05) is 0 Å². The molecule has 21 heavy (non-hydrogen) atoms. The summed E-state index contributed by atoms with van der Waals surface area (Å²) in [7, 11) is 0. The Morgan fingerprint density at radius 2 is 1.57 bits per heavy atom. The SMILES string of the molecule is O=C(OCc1ccc(C(F)(F)F)cc1)c1ccc(O)cc1. The molecule has 0 saturated heterocycles. The number of hydrogen-bond acceptors (Lipinski definition) is 3. The van der Waals surface area contributed by atoms with Crippen molar-refractivity contribution in [3.8, 4) is 5.75 Å². The van der Waals surface area contributed by atoms with E-state index in [1.165, 1.54) is 36.4 Å². The Hall–Kier alpha value is -2.50. The van der Waals surface area contributed by atoms with Gasteiger partial charge in [-0.3, -0.25) is 0 Å². The second-order valence-corrected chi connectivity index (χ2v) is 4.32. The predicted molar refractivity (Wildman–Crippen MR) is 68.7 cm³/mol. The number of hydrogen-bond donors (Lipinski definition) is 1. The summed E-state index contributed by atoms with van der Waals surface area (Å²) in [5, 5.41) is 9.09. The highest BCUT2D eigenvalue weighted by Crippen LogP contribution is 2.29. The van der Waals surface area contributed by atoms with E-state index in [0.29, 0.717) is 5.56 Å². The number of phenols is 1. The number of ether oxygens (including phenoxy) is 1. The fourth-order valence-electron chi connectivity index (χ4n) is 1.62. The molecular weight excluding hydrogens is 285 g/mol. The third kappa shape index (κ3) is 3.98. The third-order valence-corrected chi connectivity index (χ3v) is 2.75. The molecular formula is C15H11F3O3. The van der Waals surface area contributed by atoms with Crippen LogP contribution in [0.2, 0.25) is 0 Å². The molecule has 0 bridgehead atoms. The van der Waals surface area contributed by atoms with Gasteiger partial charge in [-0.05, 0) is 42.0 Å². The van der Waals surface area contributed by atoms with Crippen molar-refractivity contribution in [2.24, 2.45) is 0 Å². The minimum absolute atomic E-state index is 0.0225. The number of rotatable bonds is 3. The Labute approximate surface area is 118 Å². The summed E-state index contributed by atoms with van der Waals surface area (Å²) in [5.74, 6) is -0.593. The molecule has 1 N–H and O–H groups in total. The Morgan fingerprint density at radius 3 is 2.10 bits per heavy atom. The molecule has 0 aliphatic heterocycles. The van der Waals surface area contributed by atoms with Gasteiger partial charge in [0.25, 0.3) is 0 Å². The Morgan fingerprint density at radius 1 is 1.00 bits per heavy atom. The van der Waals surface area contributed by atoms with Gasteiger partial charge >= 0.3 is 12.1 Å². The zero-order valence-corrected chi connectivity index (χ0v) is 10.7. The minimum atomic E-state index is -4.39. The second kappa shape index (κ2) is 5.87. The van der Waals surface area contributed by atoms with E-state index in [-0.39, 0.29) is 17.9 Å². The Balaban J connectivity index is 1.97. The molecule has 0 unspecified atom stereocenters. The van der Waals surface area contributed by atoms with Gasteiger partial charge < -0.3 is 9.84 Å². The summed E-state index contributed by atoms with van der Waals surface area (Å²) in [6.45, 7) is -0.127. The molecule has 0 fully saturated rings. The smallest absolute Gasteiger partial charge is 0.416 e. The molecule has 0 saturated carbocycles. The topological polar surface area (TPSA) is 46.5 Å². The van der Waals surface area contributed by atoms with Crippen LogP contribution in [0.15, 0.2) is 48.5 Å². The lowest BCUT2D eigenvalue weighted by Gasteiger charge is -2.08. The van der Waals surface area contributed by atoms with Crippen LogP contribution in [0, 0.1) is 0 Å². The van der Waals surface area contributed by atoms with Crippen molar-refractivity contribution >= 4 is 5.97 Å². The number of benzene rings is 2. The molecule has 3 nitrogen and oxygen atoms in total. The molecule has 2 aromatic rings. The fraction of sp³-hybridized carbons (Fsp3) is 0.133. The number of halogens is 3. The van der Waals surface area contributed by atoms with Gasteiger partial charge in [-0.1, -0.05) is 12.1 Å². The summed E-state index contributed by atoms with van der Waals surface area (Å²) in [4.78, 5) is 11.7. The van der Waals surface area contributed by atoms with Crippen LogP contribution in [0.4, 0.5) is 13.2 Å². The van der Waals surface area contributed by atoms with Crippen LogP contribution in [0.3, 0.4) is 0 Å². The number of esters is 1. The van der Waals surface area contributed by atoms with Crippen molar-refractivity contribution in [3.05, 3.63) is 65.2 Å². The average Bonchev–Trinajstić information content (AvgIpc) is 2.45. The minimum Gasteiger partial charge on any atom is -0.508 e. The molecule has 0 aliphatic rings. The van der Waals surface area contributed by atoms with Crippen molar-refractivity contribution in [2.45, 2.75) is 12.8 Å². The quantitative estimate of drug-likeness (QED) is 0.877. The third-order valence-electron chi connectivity index (χ3n) is 2.75. The van der Waals surface area contributed by atoms with Crippen LogP contribution < -0.4 is 0 Å². The van der Waals surface area contributed by atoms with Crippen LogP contribution in [-0.2, 0) is 17.5 Å². The maximum absolute atomic E-state index is 12.4. The molecule has 0 aliphatic carbocycles. The van der Waals surface area contributed by atoms with Gasteiger partial charge in [0, 0.05) is 0 Å². The molecule has 0 aromatic heterocycles. The summed E-state index contributed by atoms with van der Waals surface area (Å²) < 4.78 is 42.1. The van der Waals surface area contributed by atoms with Crippen molar-refractivity contribution < 1.29 is 27.8 Å². The van der Waals surface area contributed by atoms with E-state index in [2.05, 4.69) is 0 Å². The van der Waals surface area contributed by atoms with E-state index in [1.54, 1.807) is 0 Å². The number of phenolic OH excluding ortho intramolecular Hbond substituents is 1. The second-order valence-electron chi connectivity index (χ2n) is 4.32. The lowest BCUT2D eigenvalue weighted by molar-refractivity contribution is -0.137. The first-order valence-corrected chi connectivity index (χ1v) is 5.98. The summed E-state index contributed by atoms with van der Waals surface area (Å²) in [6.07, 6.45) is -4.39. The maximum Gasteiger partial charge on any atom is 0.416 e. The molecule has 0 heterocycles. The van der Waals surface area contributed by atoms with E-state index in [4.69, 9.17) is 9.84 Å². The monoisotopic (exact) mass is 296 g/mol. The molecule has 0 atom stereocenters. The van der Waals surface area contributed by atoms with E-state index < -0.39 is 17.7 Å².